The number of piperidine rings is 1. The molecule has 1 amide bonds. The maximum absolute atomic E-state index is 12.4. The predicted molar refractivity (Wildman–Crippen MR) is 101 cm³/mol. The van der Waals surface area contributed by atoms with Crippen LogP contribution in [0.3, 0.4) is 0 Å². The van der Waals surface area contributed by atoms with Gasteiger partial charge < -0.3 is 18.9 Å². The molecule has 1 aromatic heterocycles. The molecule has 0 bridgehead atoms. The van der Waals surface area contributed by atoms with Gasteiger partial charge in [0.25, 0.3) is 0 Å². The topological polar surface area (TPSA) is 80.9 Å². The molecule has 0 unspecified atom stereocenters. The van der Waals surface area contributed by atoms with Crippen LogP contribution in [0.2, 0.25) is 0 Å². The maximum Gasteiger partial charge on any atom is 0.231 e. The van der Waals surface area contributed by atoms with E-state index in [4.69, 9.17) is 14.0 Å². The highest BCUT2D eigenvalue weighted by atomic mass is 16.5. The van der Waals surface area contributed by atoms with Crippen molar-refractivity contribution < 1.29 is 18.8 Å². The van der Waals surface area contributed by atoms with E-state index in [2.05, 4.69) is 15.0 Å². The van der Waals surface area contributed by atoms with Crippen LogP contribution in [0.25, 0.3) is 0 Å². The molecule has 150 valence electrons. The number of nitrogens with zero attached hydrogens (tertiary/aromatic N) is 4. The summed E-state index contributed by atoms with van der Waals surface area (Å²) in [4.78, 5) is 21.2. The minimum atomic E-state index is 0.0679. The number of rotatable bonds is 6. The molecule has 2 aliphatic heterocycles. The number of para-hydroxylation sites is 1. The number of benzene rings is 1. The molecule has 8 nitrogen and oxygen atoms in total. The second kappa shape index (κ2) is 8.70. The Morgan fingerprint density at radius 1 is 1.21 bits per heavy atom. The van der Waals surface area contributed by atoms with Crippen molar-refractivity contribution in [3.8, 4) is 5.75 Å². The van der Waals surface area contributed by atoms with Crippen molar-refractivity contribution in [1.29, 1.82) is 0 Å². The van der Waals surface area contributed by atoms with E-state index in [1.54, 1.807) is 7.11 Å². The lowest BCUT2D eigenvalue weighted by molar-refractivity contribution is -0.134. The third kappa shape index (κ3) is 4.34. The fourth-order valence-corrected chi connectivity index (χ4v) is 3.77. The third-order valence-electron chi connectivity index (χ3n) is 5.36. The highest BCUT2D eigenvalue weighted by Gasteiger charge is 2.31. The zero-order valence-electron chi connectivity index (χ0n) is 16.2. The third-order valence-corrected chi connectivity index (χ3v) is 5.36. The van der Waals surface area contributed by atoms with E-state index in [9.17, 15) is 4.79 Å². The molecule has 0 radical (unpaired) electrons. The zero-order chi connectivity index (χ0) is 19.3. The summed E-state index contributed by atoms with van der Waals surface area (Å²) in [6.07, 6.45) is 1.22. The summed E-state index contributed by atoms with van der Waals surface area (Å²) in [7, 11) is 1.65. The highest BCUT2D eigenvalue weighted by molar-refractivity contribution is 5.77. The second-order valence-electron chi connectivity index (χ2n) is 7.26. The average Bonchev–Trinajstić information content (AvgIpc) is 3.19. The lowest BCUT2D eigenvalue weighted by Crippen LogP contribution is -2.38. The fraction of sp³-hybridized carbons (Fsp3) is 0.550. The molecule has 3 heterocycles. The van der Waals surface area contributed by atoms with Crippen LogP contribution in [0, 0.1) is 0 Å². The van der Waals surface area contributed by atoms with Gasteiger partial charge in [0.1, 0.15) is 5.75 Å². The number of hydrogen-bond acceptors (Lipinski definition) is 7. The SMILES string of the molecule is COc1ccccc1CN1C[C@@H](c2nc(CN3CCOCC3)no2)CCC1=O. The second-order valence-corrected chi connectivity index (χ2v) is 7.26. The van der Waals surface area contributed by atoms with Crippen molar-refractivity contribution in [1.82, 2.24) is 19.9 Å². The van der Waals surface area contributed by atoms with Gasteiger partial charge in [0.05, 0.1) is 32.8 Å². The van der Waals surface area contributed by atoms with Gasteiger partial charge in [-0.3, -0.25) is 9.69 Å². The Morgan fingerprint density at radius 2 is 2.04 bits per heavy atom. The van der Waals surface area contributed by atoms with Gasteiger partial charge >= 0.3 is 0 Å². The Kier molecular flexibility index (Phi) is 5.87. The first-order valence-electron chi connectivity index (χ1n) is 9.75. The van der Waals surface area contributed by atoms with Gasteiger partial charge in [-0.25, -0.2) is 0 Å². The molecule has 2 fully saturated rings. The monoisotopic (exact) mass is 386 g/mol. The first kappa shape index (κ1) is 18.9. The van der Waals surface area contributed by atoms with Gasteiger partial charge in [-0.1, -0.05) is 23.4 Å². The Balaban J connectivity index is 1.41. The molecule has 1 aromatic carbocycles. The number of aromatic nitrogens is 2. The molecular weight excluding hydrogens is 360 g/mol. The first-order valence-corrected chi connectivity index (χ1v) is 9.75. The number of ether oxygens (including phenoxy) is 2. The van der Waals surface area contributed by atoms with Crippen LogP contribution in [0.4, 0.5) is 0 Å². The Morgan fingerprint density at radius 3 is 2.86 bits per heavy atom. The van der Waals surface area contributed by atoms with Gasteiger partial charge in [0.2, 0.25) is 11.8 Å². The number of carbonyl (C=O) groups is 1. The number of amides is 1. The first-order chi connectivity index (χ1) is 13.7. The summed E-state index contributed by atoms with van der Waals surface area (Å²) < 4.78 is 16.3. The minimum absolute atomic E-state index is 0.0679. The summed E-state index contributed by atoms with van der Waals surface area (Å²) in [6.45, 7) is 5.03. The van der Waals surface area contributed by atoms with E-state index in [1.807, 2.05) is 29.2 Å². The molecule has 4 rings (SSSR count). The largest absolute Gasteiger partial charge is 0.496 e. The van der Waals surface area contributed by atoms with Crippen LogP contribution in [-0.2, 0) is 22.6 Å². The molecule has 2 saturated heterocycles. The molecule has 1 atom stereocenters. The van der Waals surface area contributed by atoms with Crippen molar-refractivity contribution in [2.75, 3.05) is 40.0 Å². The normalized spacial score (nSPS) is 21.1. The average molecular weight is 386 g/mol. The Bertz CT molecular complexity index is 803. The standard InChI is InChI=1S/C20H26N4O4/c1-26-17-5-3-2-4-15(17)12-24-13-16(6-7-19(24)25)20-21-18(22-28-20)14-23-8-10-27-11-9-23/h2-5,16H,6-14H2,1H3/t16-/m0/s1. The lowest BCUT2D eigenvalue weighted by atomic mass is 9.97. The van der Waals surface area contributed by atoms with Gasteiger partial charge in [0.15, 0.2) is 5.82 Å². The van der Waals surface area contributed by atoms with Crippen molar-refractivity contribution in [3.05, 3.63) is 41.5 Å². The van der Waals surface area contributed by atoms with Crippen LogP contribution in [0.1, 0.15) is 36.0 Å². The molecule has 2 aliphatic rings. The lowest BCUT2D eigenvalue weighted by Gasteiger charge is -2.31. The van der Waals surface area contributed by atoms with Crippen LogP contribution < -0.4 is 4.74 Å². The molecule has 0 N–H and O–H groups in total. The van der Waals surface area contributed by atoms with Crippen LogP contribution in [-0.4, -0.2) is 65.8 Å². The van der Waals surface area contributed by atoms with Crippen molar-refractivity contribution in [2.45, 2.75) is 31.8 Å². The van der Waals surface area contributed by atoms with Gasteiger partial charge in [0, 0.05) is 38.2 Å². The van der Waals surface area contributed by atoms with Gasteiger partial charge in [-0.05, 0) is 12.5 Å². The zero-order valence-corrected chi connectivity index (χ0v) is 16.2. The van der Waals surface area contributed by atoms with Crippen LogP contribution in [0.15, 0.2) is 28.8 Å². The van der Waals surface area contributed by atoms with Crippen LogP contribution in [0.5, 0.6) is 5.75 Å². The minimum Gasteiger partial charge on any atom is -0.496 e. The highest BCUT2D eigenvalue weighted by Crippen LogP contribution is 2.29. The van der Waals surface area contributed by atoms with E-state index < -0.39 is 0 Å². The molecule has 8 heteroatoms. The molecule has 2 aromatic rings. The van der Waals surface area contributed by atoms with E-state index in [1.165, 1.54) is 0 Å². The number of likely N-dealkylation sites (tertiary alicyclic amines) is 1. The van der Waals surface area contributed by atoms with Crippen molar-refractivity contribution in [3.63, 3.8) is 0 Å². The molecular formula is C20H26N4O4. The molecule has 0 aliphatic carbocycles. The smallest absolute Gasteiger partial charge is 0.231 e. The molecule has 28 heavy (non-hydrogen) atoms. The predicted octanol–water partition coefficient (Wildman–Crippen LogP) is 1.82. The summed E-state index contributed by atoms with van der Waals surface area (Å²) in [5, 5.41) is 4.15. The molecule has 0 saturated carbocycles. The van der Waals surface area contributed by atoms with Gasteiger partial charge in [-0.15, -0.1) is 0 Å². The number of methoxy groups -OCH3 is 1. The Labute approximate surface area is 164 Å². The van der Waals surface area contributed by atoms with E-state index in [0.29, 0.717) is 37.8 Å². The Hall–Kier alpha value is -2.45. The summed E-state index contributed by atoms with van der Waals surface area (Å²) in [5.41, 5.74) is 0.998. The van der Waals surface area contributed by atoms with Gasteiger partial charge in [-0.2, -0.15) is 4.98 Å². The fourth-order valence-electron chi connectivity index (χ4n) is 3.77. The van der Waals surface area contributed by atoms with E-state index in [-0.39, 0.29) is 11.8 Å². The quantitative estimate of drug-likeness (QED) is 0.749. The molecule has 0 spiro atoms. The van der Waals surface area contributed by atoms with Crippen molar-refractivity contribution in [2.24, 2.45) is 0 Å². The van der Waals surface area contributed by atoms with E-state index in [0.717, 1.165) is 44.0 Å². The van der Waals surface area contributed by atoms with Crippen molar-refractivity contribution >= 4 is 5.91 Å². The number of morpholine rings is 1. The van der Waals surface area contributed by atoms with E-state index >= 15 is 0 Å². The summed E-state index contributed by atoms with van der Waals surface area (Å²) >= 11 is 0. The maximum atomic E-state index is 12.4. The summed E-state index contributed by atoms with van der Waals surface area (Å²) in [6, 6.07) is 7.79. The number of hydrogen-bond donors (Lipinski definition) is 0. The number of carbonyl (C=O) groups excluding carboxylic acids is 1. The summed E-state index contributed by atoms with van der Waals surface area (Å²) in [5.74, 6) is 2.34. The van der Waals surface area contributed by atoms with Crippen LogP contribution >= 0.6 is 0 Å².